The fraction of sp³-hybridized carbons (Fsp3) is 0.308. The van der Waals surface area contributed by atoms with Gasteiger partial charge in [0.1, 0.15) is 15.9 Å². The van der Waals surface area contributed by atoms with Crippen LogP contribution in [0, 0.1) is 0 Å². The van der Waals surface area contributed by atoms with Crippen LogP contribution in [0.3, 0.4) is 0 Å². The zero-order valence-electron chi connectivity index (χ0n) is 20.7. The van der Waals surface area contributed by atoms with E-state index in [2.05, 4.69) is 14.7 Å². The van der Waals surface area contributed by atoms with Gasteiger partial charge < -0.3 is 9.66 Å². The summed E-state index contributed by atoms with van der Waals surface area (Å²) >= 11 is 12.5. The number of hydrogen-bond donors (Lipinski definition) is 2. The molecule has 0 aliphatic heterocycles. The van der Waals surface area contributed by atoms with Gasteiger partial charge in [0.15, 0.2) is 5.60 Å². The molecular weight excluding hydrogens is 578 g/mol. The molecule has 1 aromatic carbocycles. The number of pyridine rings is 2. The number of alkyl halides is 3. The van der Waals surface area contributed by atoms with Gasteiger partial charge in [-0.15, -0.1) is 16.1 Å². The minimum atomic E-state index is -4.86. The molecule has 4 rings (SSSR count). The molecule has 2 N–H and O–H groups in total. The van der Waals surface area contributed by atoms with Gasteiger partial charge in [0.05, 0.1) is 16.4 Å². The normalized spacial score (nSPS) is 15.9. The second-order valence-corrected chi connectivity index (χ2v) is 13.7. The van der Waals surface area contributed by atoms with Gasteiger partial charge in [-0.05, 0) is 69.0 Å². The van der Waals surface area contributed by atoms with Crippen LogP contribution >= 0.6 is 34.5 Å². The molecule has 0 bridgehead atoms. The van der Waals surface area contributed by atoms with E-state index in [1.54, 1.807) is 24.3 Å². The SMILES string of the molecule is CC(C)(C)[S@+]([O-])NC(c1cc2cccc(-c3cc(C(C)(O)C(F)(F)F)ccn3)c2s1)c1nc(Cl)ccc1Cl. The van der Waals surface area contributed by atoms with Crippen molar-refractivity contribution < 1.29 is 22.8 Å². The number of fused-ring (bicyclic) bond motifs is 1. The van der Waals surface area contributed by atoms with Gasteiger partial charge in [0.25, 0.3) is 0 Å². The minimum absolute atomic E-state index is 0.220. The van der Waals surface area contributed by atoms with Crippen LogP contribution in [0.2, 0.25) is 10.2 Å². The fourth-order valence-corrected chi connectivity index (χ4v) is 6.13. The van der Waals surface area contributed by atoms with E-state index in [1.165, 1.54) is 23.6 Å². The summed E-state index contributed by atoms with van der Waals surface area (Å²) in [5.41, 5.74) is -2.11. The van der Waals surface area contributed by atoms with Gasteiger partial charge >= 0.3 is 6.18 Å². The average Bonchev–Trinajstić information content (AvgIpc) is 3.27. The first-order valence-electron chi connectivity index (χ1n) is 11.4. The summed E-state index contributed by atoms with van der Waals surface area (Å²) in [6.45, 7) is 6.20. The van der Waals surface area contributed by atoms with Crippen LogP contribution in [0.1, 0.15) is 49.9 Å². The Morgan fingerprint density at radius 2 is 1.76 bits per heavy atom. The van der Waals surface area contributed by atoms with Crippen LogP contribution in [-0.2, 0) is 17.0 Å². The summed E-state index contributed by atoms with van der Waals surface area (Å²) in [6, 6.07) is 12.1. The van der Waals surface area contributed by atoms with Crippen molar-refractivity contribution in [2.45, 2.75) is 50.3 Å². The van der Waals surface area contributed by atoms with Crippen LogP contribution in [0.4, 0.5) is 13.2 Å². The summed E-state index contributed by atoms with van der Waals surface area (Å²) in [5, 5.41) is 11.5. The molecule has 3 heterocycles. The molecule has 12 heteroatoms. The average molecular weight is 603 g/mol. The van der Waals surface area contributed by atoms with E-state index in [-0.39, 0.29) is 16.4 Å². The van der Waals surface area contributed by atoms with E-state index < -0.39 is 33.9 Å². The van der Waals surface area contributed by atoms with Gasteiger partial charge in [0, 0.05) is 32.7 Å². The van der Waals surface area contributed by atoms with E-state index in [0.717, 1.165) is 21.0 Å². The molecule has 2 unspecified atom stereocenters. The second-order valence-electron chi connectivity index (χ2n) is 9.81. The summed E-state index contributed by atoms with van der Waals surface area (Å²) < 4.78 is 56.8. The van der Waals surface area contributed by atoms with E-state index in [0.29, 0.717) is 23.2 Å². The van der Waals surface area contributed by atoms with Gasteiger partial charge in [-0.3, -0.25) is 4.98 Å². The molecule has 0 saturated carbocycles. The number of hydrogen-bond acceptors (Lipinski definition) is 6. The van der Waals surface area contributed by atoms with Crippen LogP contribution < -0.4 is 4.72 Å². The van der Waals surface area contributed by atoms with E-state index >= 15 is 0 Å². The number of thiophene rings is 1. The third-order valence-corrected chi connectivity index (χ3v) is 9.23. The number of halogens is 5. The molecule has 5 nitrogen and oxygen atoms in total. The zero-order chi connectivity index (χ0) is 28.0. The van der Waals surface area contributed by atoms with Crippen molar-refractivity contribution in [2.24, 2.45) is 0 Å². The standard InChI is InChI=1S/C26H24Cl2F3N3O2S2/c1-24(2,3)38(36)34-22(21-17(27)8-9-20(28)33-21)19-12-14-6-5-7-16(23(14)37-19)18-13-15(10-11-32-18)25(4,35)26(29,30)31/h5-13,22,34-35H,1-4H3/t22?,25?,38-/m0/s1. The number of aromatic nitrogens is 2. The third-order valence-electron chi connectivity index (χ3n) is 5.89. The summed E-state index contributed by atoms with van der Waals surface area (Å²) in [6.07, 6.45) is -3.62. The quantitative estimate of drug-likeness (QED) is 0.176. The number of aliphatic hydroxyl groups is 1. The predicted molar refractivity (Wildman–Crippen MR) is 148 cm³/mol. The number of benzene rings is 1. The monoisotopic (exact) mass is 601 g/mol. The molecule has 38 heavy (non-hydrogen) atoms. The molecule has 0 spiro atoms. The molecule has 0 aliphatic carbocycles. The number of nitrogens with zero attached hydrogens (tertiary/aromatic N) is 2. The Morgan fingerprint density at radius 3 is 2.42 bits per heavy atom. The Balaban J connectivity index is 1.85. The largest absolute Gasteiger partial charge is 0.598 e. The van der Waals surface area contributed by atoms with Gasteiger partial charge in [0.2, 0.25) is 0 Å². The molecule has 0 radical (unpaired) electrons. The predicted octanol–water partition coefficient (Wildman–Crippen LogP) is 7.58. The van der Waals surface area contributed by atoms with Crippen molar-refractivity contribution in [3.8, 4) is 11.3 Å². The van der Waals surface area contributed by atoms with Gasteiger partial charge in [-0.2, -0.15) is 13.2 Å². The Labute approximate surface area is 235 Å². The molecule has 0 fully saturated rings. The van der Waals surface area contributed by atoms with Crippen molar-refractivity contribution in [1.29, 1.82) is 0 Å². The van der Waals surface area contributed by atoms with Crippen LogP contribution in [0.5, 0.6) is 0 Å². The highest BCUT2D eigenvalue weighted by Gasteiger charge is 2.51. The van der Waals surface area contributed by atoms with Crippen molar-refractivity contribution in [2.75, 3.05) is 0 Å². The van der Waals surface area contributed by atoms with Crippen LogP contribution in [-0.4, -0.2) is 30.6 Å². The highest BCUT2D eigenvalue weighted by molar-refractivity contribution is 7.90. The van der Waals surface area contributed by atoms with E-state index in [1.807, 2.05) is 32.9 Å². The number of rotatable bonds is 6. The molecule has 3 aromatic heterocycles. The molecule has 4 aromatic rings. The van der Waals surface area contributed by atoms with Crippen LogP contribution in [0.25, 0.3) is 21.3 Å². The molecular formula is C26H24Cl2F3N3O2S2. The molecule has 0 aliphatic rings. The Bertz CT molecular complexity index is 1470. The first-order valence-corrected chi connectivity index (χ1v) is 14.1. The first-order chi connectivity index (χ1) is 17.6. The van der Waals surface area contributed by atoms with Gasteiger partial charge in [-0.25, -0.2) is 4.98 Å². The Morgan fingerprint density at radius 1 is 1.05 bits per heavy atom. The lowest BCUT2D eigenvalue weighted by Gasteiger charge is -2.27. The molecule has 3 atom stereocenters. The van der Waals surface area contributed by atoms with E-state index in [4.69, 9.17) is 23.2 Å². The maximum absolute atomic E-state index is 13.5. The Kier molecular flexibility index (Phi) is 8.09. The highest BCUT2D eigenvalue weighted by atomic mass is 35.5. The number of nitrogens with one attached hydrogen (secondary N) is 1. The third kappa shape index (κ3) is 5.82. The minimum Gasteiger partial charge on any atom is -0.598 e. The topological polar surface area (TPSA) is 81.1 Å². The fourth-order valence-electron chi connectivity index (χ4n) is 3.64. The van der Waals surface area contributed by atoms with Gasteiger partial charge in [-0.1, -0.05) is 41.4 Å². The summed E-state index contributed by atoms with van der Waals surface area (Å²) in [4.78, 5) is 9.40. The molecule has 0 amide bonds. The maximum atomic E-state index is 13.5. The Hall–Kier alpha value is -1.92. The van der Waals surface area contributed by atoms with Crippen LogP contribution in [0.15, 0.2) is 54.7 Å². The van der Waals surface area contributed by atoms with E-state index in [9.17, 15) is 22.8 Å². The zero-order valence-corrected chi connectivity index (χ0v) is 23.9. The van der Waals surface area contributed by atoms with Crippen molar-refractivity contribution in [1.82, 2.24) is 14.7 Å². The smallest absolute Gasteiger partial charge is 0.421 e. The van der Waals surface area contributed by atoms with Crippen molar-refractivity contribution in [3.05, 3.63) is 81.0 Å². The molecule has 202 valence electrons. The first kappa shape index (κ1) is 29.1. The van der Waals surface area contributed by atoms with Crippen molar-refractivity contribution in [3.63, 3.8) is 0 Å². The lowest BCUT2D eigenvalue weighted by molar-refractivity contribution is -0.258. The lowest BCUT2D eigenvalue weighted by atomic mass is 9.94. The summed E-state index contributed by atoms with van der Waals surface area (Å²) in [5.74, 6) is 0. The lowest BCUT2D eigenvalue weighted by Crippen LogP contribution is -2.41. The van der Waals surface area contributed by atoms with Crippen molar-refractivity contribution >= 4 is 56.0 Å². The maximum Gasteiger partial charge on any atom is 0.421 e. The highest BCUT2D eigenvalue weighted by Crippen LogP contribution is 2.42. The second kappa shape index (κ2) is 10.6. The summed E-state index contributed by atoms with van der Waals surface area (Å²) in [7, 11) is 0. The molecule has 0 saturated heterocycles.